The zero-order chi connectivity index (χ0) is 15.7. The molecular formula is C14H27N3O3S. The Labute approximate surface area is 128 Å². The van der Waals surface area contributed by atoms with Crippen molar-refractivity contribution in [3.8, 4) is 0 Å². The van der Waals surface area contributed by atoms with Crippen LogP contribution >= 0.6 is 0 Å². The topological polar surface area (TPSA) is 69.7 Å². The highest BCUT2D eigenvalue weighted by Crippen LogP contribution is 2.48. The lowest BCUT2D eigenvalue weighted by Gasteiger charge is -2.38. The smallest absolute Gasteiger partial charge is 0.281 e. The molecule has 1 heterocycles. The fourth-order valence-corrected chi connectivity index (χ4v) is 5.01. The van der Waals surface area contributed by atoms with Crippen LogP contribution in [0.3, 0.4) is 0 Å². The number of carbonyl (C=O) groups is 1. The van der Waals surface area contributed by atoms with E-state index in [0.717, 1.165) is 25.7 Å². The third-order valence-corrected chi connectivity index (χ3v) is 6.87. The molecule has 2 aliphatic rings. The van der Waals surface area contributed by atoms with Crippen molar-refractivity contribution in [2.75, 3.05) is 33.7 Å². The number of nitrogens with zero attached hydrogens (tertiary/aromatic N) is 2. The molecule has 1 aliphatic carbocycles. The molecule has 0 aromatic rings. The lowest BCUT2D eigenvalue weighted by Crippen LogP contribution is -2.40. The minimum absolute atomic E-state index is 0.0454. The molecule has 0 radical (unpaired) electrons. The summed E-state index contributed by atoms with van der Waals surface area (Å²) in [6.45, 7) is 3.20. The minimum Gasteiger partial charge on any atom is -0.356 e. The molecule has 0 aromatic carbocycles. The van der Waals surface area contributed by atoms with E-state index in [1.165, 1.54) is 17.6 Å². The Hall–Kier alpha value is -0.660. The second-order valence-corrected chi connectivity index (χ2v) is 8.78. The van der Waals surface area contributed by atoms with Gasteiger partial charge in [-0.25, -0.2) is 0 Å². The number of hydrogen-bond acceptors (Lipinski definition) is 3. The maximum atomic E-state index is 12.4. The van der Waals surface area contributed by atoms with Crippen molar-refractivity contribution in [3.05, 3.63) is 0 Å². The molecule has 1 amide bonds. The number of nitrogens with one attached hydrogen (secondary N) is 1. The number of amides is 1. The van der Waals surface area contributed by atoms with Crippen LogP contribution < -0.4 is 5.32 Å². The molecule has 0 aromatic heterocycles. The van der Waals surface area contributed by atoms with Gasteiger partial charge in [0, 0.05) is 40.7 Å². The number of hydrogen-bond donors (Lipinski definition) is 1. The maximum absolute atomic E-state index is 12.4. The lowest BCUT2D eigenvalue weighted by molar-refractivity contribution is -0.119. The van der Waals surface area contributed by atoms with Gasteiger partial charge in [-0.2, -0.15) is 17.0 Å². The molecule has 1 saturated carbocycles. The Morgan fingerprint density at radius 2 is 1.90 bits per heavy atom. The van der Waals surface area contributed by atoms with Gasteiger partial charge in [0.1, 0.15) is 0 Å². The quantitative estimate of drug-likeness (QED) is 0.834. The molecule has 2 rings (SSSR count). The highest BCUT2D eigenvalue weighted by atomic mass is 32.2. The van der Waals surface area contributed by atoms with Gasteiger partial charge < -0.3 is 5.32 Å². The number of carbonyl (C=O) groups excluding carboxylic acids is 1. The van der Waals surface area contributed by atoms with Gasteiger partial charge >= 0.3 is 0 Å². The Morgan fingerprint density at radius 3 is 2.43 bits per heavy atom. The van der Waals surface area contributed by atoms with Crippen molar-refractivity contribution in [1.29, 1.82) is 0 Å². The van der Waals surface area contributed by atoms with Gasteiger partial charge in [0.15, 0.2) is 0 Å². The first-order chi connectivity index (χ1) is 9.78. The molecule has 122 valence electrons. The van der Waals surface area contributed by atoms with Crippen LogP contribution in [0.4, 0.5) is 0 Å². The van der Waals surface area contributed by atoms with Crippen LogP contribution in [0.1, 0.15) is 39.0 Å². The Morgan fingerprint density at radius 1 is 1.29 bits per heavy atom. The van der Waals surface area contributed by atoms with E-state index < -0.39 is 10.2 Å². The molecule has 7 heteroatoms. The van der Waals surface area contributed by atoms with Gasteiger partial charge in [-0.05, 0) is 24.2 Å². The Bertz CT molecular complexity index is 484. The van der Waals surface area contributed by atoms with Crippen molar-refractivity contribution in [2.45, 2.75) is 39.0 Å². The first kappa shape index (κ1) is 16.7. The number of rotatable bonds is 4. The van der Waals surface area contributed by atoms with Crippen LogP contribution in [-0.2, 0) is 15.0 Å². The largest absolute Gasteiger partial charge is 0.356 e. The van der Waals surface area contributed by atoms with Gasteiger partial charge in [-0.15, -0.1) is 0 Å². The third kappa shape index (κ3) is 3.40. The first-order valence-corrected chi connectivity index (χ1v) is 9.10. The average molecular weight is 317 g/mol. The summed E-state index contributed by atoms with van der Waals surface area (Å²) in [5.41, 5.74) is 0.0454. The van der Waals surface area contributed by atoms with E-state index in [2.05, 4.69) is 5.32 Å². The normalized spacial score (nSPS) is 26.4. The standard InChI is InChI=1S/C14H27N3O3S/c1-12(18)15-9-13-10-17(21(19,20)16(2)3)11-14(13)7-5-4-6-8-14/h13H,4-11H2,1-3H3,(H,15,18). The molecule has 1 spiro atoms. The molecule has 1 saturated heterocycles. The maximum Gasteiger partial charge on any atom is 0.281 e. The van der Waals surface area contributed by atoms with Crippen LogP contribution in [0.2, 0.25) is 0 Å². The summed E-state index contributed by atoms with van der Waals surface area (Å²) in [6, 6.07) is 0. The predicted octanol–water partition coefficient (Wildman–Crippen LogP) is 0.811. The van der Waals surface area contributed by atoms with E-state index in [1.807, 2.05) is 0 Å². The zero-order valence-corrected chi connectivity index (χ0v) is 14.1. The van der Waals surface area contributed by atoms with Crippen molar-refractivity contribution in [1.82, 2.24) is 13.9 Å². The van der Waals surface area contributed by atoms with Crippen LogP contribution in [0, 0.1) is 11.3 Å². The van der Waals surface area contributed by atoms with E-state index in [-0.39, 0.29) is 17.2 Å². The van der Waals surface area contributed by atoms with E-state index in [9.17, 15) is 13.2 Å². The molecular weight excluding hydrogens is 290 g/mol. The van der Waals surface area contributed by atoms with E-state index in [1.54, 1.807) is 18.4 Å². The molecule has 1 N–H and O–H groups in total. The molecule has 1 atom stereocenters. The molecule has 6 nitrogen and oxygen atoms in total. The SMILES string of the molecule is CC(=O)NCC1CN(S(=O)(=O)N(C)C)CC12CCCCC2. The first-order valence-electron chi connectivity index (χ1n) is 7.70. The van der Waals surface area contributed by atoms with Gasteiger partial charge in [0.2, 0.25) is 5.91 Å². The molecule has 1 aliphatic heterocycles. The van der Waals surface area contributed by atoms with E-state index in [0.29, 0.717) is 19.6 Å². The summed E-state index contributed by atoms with van der Waals surface area (Å²) in [7, 11) is -0.223. The highest BCUT2D eigenvalue weighted by molar-refractivity contribution is 7.86. The summed E-state index contributed by atoms with van der Waals surface area (Å²) >= 11 is 0. The van der Waals surface area contributed by atoms with Crippen LogP contribution in [-0.4, -0.2) is 56.7 Å². The second kappa shape index (κ2) is 6.22. The lowest BCUT2D eigenvalue weighted by atomic mass is 9.68. The summed E-state index contributed by atoms with van der Waals surface area (Å²) < 4.78 is 27.7. The molecule has 1 unspecified atom stereocenters. The van der Waals surface area contributed by atoms with Crippen molar-refractivity contribution < 1.29 is 13.2 Å². The minimum atomic E-state index is -3.37. The second-order valence-electron chi connectivity index (χ2n) is 6.64. The van der Waals surface area contributed by atoms with Crippen molar-refractivity contribution in [3.63, 3.8) is 0 Å². The van der Waals surface area contributed by atoms with Crippen LogP contribution in [0.15, 0.2) is 0 Å². The fraction of sp³-hybridized carbons (Fsp3) is 0.929. The highest BCUT2D eigenvalue weighted by Gasteiger charge is 2.50. The van der Waals surface area contributed by atoms with Gasteiger partial charge in [-0.3, -0.25) is 4.79 Å². The van der Waals surface area contributed by atoms with Gasteiger partial charge in [-0.1, -0.05) is 19.3 Å². The van der Waals surface area contributed by atoms with E-state index >= 15 is 0 Å². The monoisotopic (exact) mass is 317 g/mol. The van der Waals surface area contributed by atoms with E-state index in [4.69, 9.17) is 0 Å². The van der Waals surface area contributed by atoms with Gasteiger partial charge in [0.05, 0.1) is 0 Å². The summed E-state index contributed by atoms with van der Waals surface area (Å²) in [5, 5.41) is 2.89. The summed E-state index contributed by atoms with van der Waals surface area (Å²) in [4.78, 5) is 11.2. The van der Waals surface area contributed by atoms with Gasteiger partial charge in [0.25, 0.3) is 10.2 Å². The third-order valence-electron chi connectivity index (χ3n) is 5.02. The summed E-state index contributed by atoms with van der Waals surface area (Å²) in [5.74, 6) is 0.173. The van der Waals surface area contributed by atoms with Crippen LogP contribution in [0.5, 0.6) is 0 Å². The molecule has 2 fully saturated rings. The average Bonchev–Trinajstić information content (AvgIpc) is 2.76. The zero-order valence-electron chi connectivity index (χ0n) is 13.3. The summed E-state index contributed by atoms with van der Waals surface area (Å²) in [6.07, 6.45) is 5.68. The Kier molecular flexibility index (Phi) is 4.95. The molecule has 21 heavy (non-hydrogen) atoms. The Balaban J connectivity index is 2.18. The van der Waals surface area contributed by atoms with Crippen LogP contribution in [0.25, 0.3) is 0 Å². The van der Waals surface area contributed by atoms with Crippen molar-refractivity contribution >= 4 is 16.1 Å². The van der Waals surface area contributed by atoms with Crippen molar-refractivity contribution in [2.24, 2.45) is 11.3 Å². The molecule has 0 bridgehead atoms. The predicted molar refractivity (Wildman–Crippen MR) is 81.9 cm³/mol. The fourth-order valence-electron chi connectivity index (χ4n) is 3.76.